The van der Waals surface area contributed by atoms with Crippen molar-refractivity contribution in [2.45, 2.75) is 0 Å². The first-order valence-corrected chi connectivity index (χ1v) is 5.30. The fourth-order valence-electron chi connectivity index (χ4n) is 0.801. The Bertz CT molecular complexity index is 372. The molecule has 0 aromatic heterocycles. The van der Waals surface area contributed by atoms with Crippen LogP contribution in [-0.2, 0) is 10.1 Å². The average Bonchev–Trinajstić information content (AvgIpc) is 2.04. The molecule has 0 unspecified atom stereocenters. The van der Waals surface area contributed by atoms with Gasteiger partial charge < -0.3 is 4.18 Å². The summed E-state index contributed by atoms with van der Waals surface area (Å²) in [5, 5.41) is 0. The Balaban J connectivity index is 0.00000169. The third kappa shape index (κ3) is 4.81. The van der Waals surface area contributed by atoms with Crippen LogP contribution < -0.4 is 4.18 Å². The molecule has 0 bridgehead atoms. The Morgan fingerprint density at radius 2 is 1.86 bits per heavy atom. The quantitative estimate of drug-likeness (QED) is 0.432. The molecule has 1 aromatic rings. The number of para-hydroxylation sites is 1. The normalized spacial score (nSPS) is 10.0. The zero-order valence-electron chi connectivity index (χ0n) is 7.01. The molecule has 3 nitrogen and oxygen atoms in total. The number of rotatable bonds is 4. The van der Waals surface area contributed by atoms with Crippen molar-refractivity contribution in [3.63, 3.8) is 0 Å². The molecule has 14 heavy (non-hydrogen) atoms. The summed E-state index contributed by atoms with van der Waals surface area (Å²) in [4.78, 5) is 0. The van der Waals surface area contributed by atoms with Crippen LogP contribution in [0.1, 0.15) is 0 Å². The van der Waals surface area contributed by atoms with Crippen LogP contribution >= 0.6 is 0 Å². The predicted octanol–water partition coefficient (Wildman–Crippen LogP) is 0.933. The molecule has 0 saturated heterocycles. The number of hydrogen-bond acceptors (Lipinski definition) is 3. The van der Waals surface area contributed by atoms with Crippen molar-refractivity contribution in [2.24, 2.45) is 0 Å². The van der Waals surface area contributed by atoms with Crippen LogP contribution in [0.2, 0.25) is 0 Å². The summed E-state index contributed by atoms with van der Waals surface area (Å²) in [5.74, 6) is 0.145. The summed E-state index contributed by atoms with van der Waals surface area (Å²) in [6.45, 7) is 3.33. The van der Waals surface area contributed by atoms with Gasteiger partial charge in [-0.3, -0.25) is 0 Å². The van der Waals surface area contributed by atoms with Crippen LogP contribution in [0.4, 0.5) is 0 Å². The predicted molar refractivity (Wildman–Crippen MR) is 58.2 cm³/mol. The Hall–Kier alpha value is -0.290. The van der Waals surface area contributed by atoms with E-state index in [1.165, 1.54) is 6.08 Å². The van der Waals surface area contributed by atoms with Crippen LogP contribution in [0.5, 0.6) is 5.75 Å². The summed E-state index contributed by atoms with van der Waals surface area (Å²) in [7, 11) is -3.50. The fraction of sp³-hybridized carbons (Fsp3) is 0.111. The third-order valence-corrected chi connectivity index (χ3v) is 2.38. The summed E-state index contributed by atoms with van der Waals surface area (Å²) in [5.41, 5.74) is 0. The molecule has 1 aromatic carbocycles. The van der Waals surface area contributed by atoms with Crippen molar-refractivity contribution in [3.8, 4) is 5.75 Å². The summed E-state index contributed by atoms with van der Waals surface area (Å²) >= 11 is 0. The van der Waals surface area contributed by atoms with Gasteiger partial charge in [0.05, 0.1) is 0 Å². The van der Waals surface area contributed by atoms with E-state index >= 15 is 0 Å². The Morgan fingerprint density at radius 3 is 2.36 bits per heavy atom. The van der Waals surface area contributed by atoms with Gasteiger partial charge in [0.2, 0.25) is 0 Å². The van der Waals surface area contributed by atoms with Crippen LogP contribution in [-0.4, -0.2) is 43.7 Å². The molecular formula is C9H11NaO3S. The molecule has 0 aliphatic carbocycles. The molecular weight excluding hydrogens is 211 g/mol. The summed E-state index contributed by atoms with van der Waals surface area (Å²) < 4.78 is 27.0. The van der Waals surface area contributed by atoms with E-state index in [1.807, 2.05) is 0 Å². The standard InChI is InChI=1S/C9H10O3S.Na.H/c1-2-8-13(10,11)12-9-6-4-3-5-7-9;;/h2-7H,1,8H2;;. The fourth-order valence-corrected chi connectivity index (χ4v) is 1.56. The Morgan fingerprint density at radius 1 is 1.29 bits per heavy atom. The van der Waals surface area contributed by atoms with Gasteiger partial charge >= 0.3 is 39.7 Å². The molecule has 0 atom stereocenters. The molecule has 0 spiro atoms. The van der Waals surface area contributed by atoms with Crippen LogP contribution in [0.15, 0.2) is 43.0 Å². The minimum atomic E-state index is -3.50. The molecule has 5 heteroatoms. The molecule has 1 rings (SSSR count). The molecule has 0 aliphatic heterocycles. The van der Waals surface area contributed by atoms with Crippen molar-refractivity contribution in [1.29, 1.82) is 0 Å². The van der Waals surface area contributed by atoms with E-state index in [1.54, 1.807) is 30.3 Å². The molecule has 0 radical (unpaired) electrons. The molecule has 0 amide bonds. The second-order valence-corrected chi connectivity index (χ2v) is 4.02. The molecule has 0 N–H and O–H groups in total. The maximum atomic E-state index is 11.1. The number of benzene rings is 1. The van der Waals surface area contributed by atoms with Gasteiger partial charge in [0, 0.05) is 0 Å². The van der Waals surface area contributed by atoms with Gasteiger partial charge in [0.15, 0.2) is 0 Å². The van der Waals surface area contributed by atoms with E-state index in [-0.39, 0.29) is 35.3 Å². The molecule has 0 heterocycles. The van der Waals surface area contributed by atoms with E-state index in [4.69, 9.17) is 4.18 Å². The van der Waals surface area contributed by atoms with E-state index in [2.05, 4.69) is 6.58 Å². The SMILES string of the molecule is C=CCS(=O)(=O)Oc1ccccc1.[NaH]. The second-order valence-electron chi connectivity index (χ2n) is 2.41. The van der Waals surface area contributed by atoms with Crippen molar-refractivity contribution < 1.29 is 12.6 Å². The van der Waals surface area contributed by atoms with Crippen molar-refractivity contribution in [2.75, 3.05) is 5.75 Å². The molecule has 0 saturated carbocycles. The minimum absolute atomic E-state index is 0. The van der Waals surface area contributed by atoms with Gasteiger partial charge in [-0.05, 0) is 12.1 Å². The topological polar surface area (TPSA) is 43.4 Å². The summed E-state index contributed by atoms with van der Waals surface area (Å²) in [6.07, 6.45) is 1.29. The van der Waals surface area contributed by atoms with E-state index in [0.29, 0.717) is 5.75 Å². The summed E-state index contributed by atoms with van der Waals surface area (Å²) in [6, 6.07) is 8.37. The first kappa shape index (κ1) is 13.7. The number of hydrogen-bond donors (Lipinski definition) is 0. The Labute approximate surface area is 106 Å². The van der Waals surface area contributed by atoms with Crippen molar-refractivity contribution in [1.82, 2.24) is 0 Å². The van der Waals surface area contributed by atoms with Crippen LogP contribution in [0, 0.1) is 0 Å². The monoisotopic (exact) mass is 222 g/mol. The maximum absolute atomic E-state index is 11.1. The third-order valence-electron chi connectivity index (χ3n) is 1.29. The molecule has 0 fully saturated rings. The van der Waals surface area contributed by atoms with Crippen molar-refractivity contribution in [3.05, 3.63) is 43.0 Å². The van der Waals surface area contributed by atoms with Gasteiger partial charge in [-0.25, -0.2) is 0 Å². The zero-order valence-corrected chi connectivity index (χ0v) is 7.83. The van der Waals surface area contributed by atoms with Crippen LogP contribution in [0.25, 0.3) is 0 Å². The first-order valence-electron chi connectivity index (χ1n) is 3.72. The zero-order chi connectivity index (χ0) is 9.73. The van der Waals surface area contributed by atoms with Gasteiger partial charge in [-0.2, -0.15) is 8.42 Å². The van der Waals surface area contributed by atoms with Crippen molar-refractivity contribution >= 4 is 39.7 Å². The average molecular weight is 222 g/mol. The van der Waals surface area contributed by atoms with E-state index in [0.717, 1.165) is 0 Å². The second kappa shape index (κ2) is 6.24. The van der Waals surface area contributed by atoms with Gasteiger partial charge in [-0.1, -0.05) is 24.3 Å². The van der Waals surface area contributed by atoms with E-state index in [9.17, 15) is 8.42 Å². The van der Waals surface area contributed by atoms with Gasteiger partial charge in [0.25, 0.3) is 0 Å². The Kier molecular flexibility index (Phi) is 6.11. The van der Waals surface area contributed by atoms with E-state index < -0.39 is 10.1 Å². The molecule has 72 valence electrons. The first-order chi connectivity index (χ1) is 6.14. The van der Waals surface area contributed by atoms with Gasteiger partial charge in [-0.15, -0.1) is 6.58 Å². The molecule has 0 aliphatic rings. The van der Waals surface area contributed by atoms with Crippen LogP contribution in [0.3, 0.4) is 0 Å². The van der Waals surface area contributed by atoms with Gasteiger partial charge in [0.1, 0.15) is 11.5 Å².